The molecule has 184 valence electrons. The van der Waals surface area contributed by atoms with Crippen LogP contribution in [0.5, 0.6) is 11.5 Å². The van der Waals surface area contributed by atoms with Gasteiger partial charge in [-0.1, -0.05) is 41.5 Å². The Morgan fingerprint density at radius 3 is 2.33 bits per heavy atom. The molecule has 0 bridgehead atoms. The van der Waals surface area contributed by atoms with Gasteiger partial charge in [0.05, 0.1) is 18.6 Å². The predicted molar refractivity (Wildman–Crippen MR) is 134 cm³/mol. The second-order valence-corrected chi connectivity index (χ2v) is 16.1. The molecule has 0 aromatic heterocycles. The predicted octanol–water partition coefficient (Wildman–Crippen LogP) is 6.89. The number of rotatable bonds is 11. The lowest BCUT2D eigenvalue weighted by Gasteiger charge is -2.44. The maximum Gasteiger partial charge on any atom is 0.258 e. The molecule has 2 aliphatic rings. The summed E-state index contributed by atoms with van der Waals surface area (Å²) >= 11 is 0. The zero-order chi connectivity index (χ0) is 24.2. The Balaban J connectivity index is 1.75. The maximum absolute atomic E-state index is 10.1. The van der Waals surface area contributed by atoms with Crippen LogP contribution in [-0.2, 0) is 21.3 Å². The fourth-order valence-electron chi connectivity index (χ4n) is 6.10. The number of fused-ring (bicyclic) bond motifs is 1. The van der Waals surface area contributed by atoms with Gasteiger partial charge >= 0.3 is 0 Å². The van der Waals surface area contributed by atoms with Crippen molar-refractivity contribution in [1.29, 1.82) is 5.26 Å². The molecule has 0 amide bonds. The Bertz CT molecular complexity index is 819. The van der Waals surface area contributed by atoms with Gasteiger partial charge in [0, 0.05) is 13.2 Å². The van der Waals surface area contributed by atoms with Gasteiger partial charge in [-0.3, -0.25) is 0 Å². The summed E-state index contributed by atoms with van der Waals surface area (Å²) in [5, 5.41) is 10.1. The third-order valence-electron chi connectivity index (χ3n) is 7.79. The molecule has 1 aliphatic carbocycles. The molecule has 1 fully saturated rings. The van der Waals surface area contributed by atoms with Crippen LogP contribution in [0.15, 0.2) is 12.1 Å². The van der Waals surface area contributed by atoms with Crippen molar-refractivity contribution < 1.29 is 18.6 Å². The molecule has 2 atom stereocenters. The minimum atomic E-state index is -2.09. The highest BCUT2D eigenvalue weighted by Gasteiger charge is 2.49. The molecule has 6 heteroatoms. The van der Waals surface area contributed by atoms with E-state index in [0.29, 0.717) is 23.2 Å². The minimum Gasteiger partial charge on any atom is -0.540 e. The van der Waals surface area contributed by atoms with Gasteiger partial charge in [-0.15, -0.1) is 0 Å². The molecular formula is C27H43NO4Si. The Morgan fingerprint density at radius 1 is 1.09 bits per heavy atom. The van der Waals surface area contributed by atoms with Crippen molar-refractivity contribution in [2.24, 2.45) is 0 Å². The average Bonchev–Trinajstić information content (AvgIpc) is 2.78. The van der Waals surface area contributed by atoms with E-state index in [0.717, 1.165) is 55.8 Å². The molecule has 33 heavy (non-hydrogen) atoms. The highest BCUT2D eigenvalue weighted by atomic mass is 28.4. The average molecular weight is 474 g/mol. The lowest BCUT2D eigenvalue weighted by molar-refractivity contribution is -0.163. The summed E-state index contributed by atoms with van der Waals surface area (Å²) in [6.45, 7) is 15.2. The number of hydrogen-bond acceptors (Lipinski definition) is 5. The van der Waals surface area contributed by atoms with Crippen LogP contribution in [0.3, 0.4) is 0 Å². The van der Waals surface area contributed by atoms with Gasteiger partial charge in [-0.2, -0.15) is 5.26 Å². The number of benzene rings is 1. The lowest BCUT2D eigenvalue weighted by atomic mass is 9.62. The van der Waals surface area contributed by atoms with Gasteiger partial charge in [0.2, 0.25) is 0 Å². The Kier molecular flexibility index (Phi) is 8.53. The highest BCUT2D eigenvalue weighted by Crippen LogP contribution is 2.51. The normalized spacial score (nSPS) is 22.8. The summed E-state index contributed by atoms with van der Waals surface area (Å²) in [6.07, 6.45) is 5.58. The Labute approximate surface area is 201 Å². The first-order chi connectivity index (χ1) is 15.7. The SMILES string of the molecule is COc1cc2c(cc1O[Si](C(C)C)(C(C)C)C(C)C)CC2(C#N)CCCOC1CCCCO1. The summed E-state index contributed by atoms with van der Waals surface area (Å²) in [4.78, 5) is 0. The van der Waals surface area contributed by atoms with Crippen molar-refractivity contribution in [1.82, 2.24) is 0 Å². The molecule has 5 nitrogen and oxygen atoms in total. The van der Waals surface area contributed by atoms with Crippen molar-refractivity contribution >= 4 is 8.32 Å². The highest BCUT2D eigenvalue weighted by molar-refractivity contribution is 6.78. The summed E-state index contributed by atoms with van der Waals surface area (Å²) in [5.41, 5.74) is 3.30. The van der Waals surface area contributed by atoms with E-state index in [1.807, 2.05) is 0 Å². The second kappa shape index (κ2) is 10.8. The molecule has 1 aromatic carbocycles. The van der Waals surface area contributed by atoms with Gasteiger partial charge < -0.3 is 18.6 Å². The number of hydrogen-bond donors (Lipinski definition) is 0. The molecule has 1 saturated heterocycles. The topological polar surface area (TPSA) is 60.7 Å². The van der Waals surface area contributed by atoms with Crippen molar-refractivity contribution in [2.45, 2.75) is 108 Å². The maximum atomic E-state index is 10.1. The molecule has 0 radical (unpaired) electrons. The van der Waals surface area contributed by atoms with E-state index in [-0.39, 0.29) is 6.29 Å². The Hall–Kier alpha value is -1.55. The van der Waals surface area contributed by atoms with Crippen LogP contribution in [0.1, 0.15) is 84.8 Å². The van der Waals surface area contributed by atoms with E-state index in [4.69, 9.17) is 18.6 Å². The number of nitriles is 1. The van der Waals surface area contributed by atoms with E-state index in [2.05, 4.69) is 59.7 Å². The zero-order valence-electron chi connectivity index (χ0n) is 21.7. The van der Waals surface area contributed by atoms with Crippen LogP contribution in [-0.4, -0.2) is 34.9 Å². The standard InChI is InChI=1S/C27H43NO4Si/c1-19(2)33(20(3)4,21(5)6)32-25-15-22-17-27(18-28,23(22)16-24(25)29-7)12-10-14-31-26-11-8-9-13-30-26/h15-16,19-21,26H,8-14,17H2,1-7H3. The third-order valence-corrected chi connectivity index (χ3v) is 13.8. The molecule has 2 unspecified atom stereocenters. The molecule has 1 aliphatic heterocycles. The molecule has 1 aromatic rings. The Morgan fingerprint density at radius 2 is 1.79 bits per heavy atom. The monoisotopic (exact) mass is 473 g/mol. The molecule has 0 spiro atoms. The van der Waals surface area contributed by atoms with Crippen LogP contribution >= 0.6 is 0 Å². The van der Waals surface area contributed by atoms with Gasteiger partial charge in [-0.05, 0) is 78.4 Å². The van der Waals surface area contributed by atoms with Crippen LogP contribution in [0.4, 0.5) is 0 Å². The number of methoxy groups -OCH3 is 1. The van der Waals surface area contributed by atoms with Crippen LogP contribution in [0.2, 0.25) is 16.6 Å². The summed E-state index contributed by atoms with van der Waals surface area (Å²) in [7, 11) is -0.395. The number of ether oxygens (including phenoxy) is 3. The smallest absolute Gasteiger partial charge is 0.258 e. The molecular weight excluding hydrogens is 430 g/mol. The van der Waals surface area contributed by atoms with E-state index in [1.54, 1.807) is 7.11 Å². The lowest BCUT2D eigenvalue weighted by Crippen LogP contribution is -2.51. The summed E-state index contributed by atoms with van der Waals surface area (Å²) in [5.74, 6) is 1.60. The van der Waals surface area contributed by atoms with Crippen LogP contribution < -0.4 is 9.16 Å². The minimum absolute atomic E-state index is 0.0717. The van der Waals surface area contributed by atoms with Crippen molar-refractivity contribution in [3.63, 3.8) is 0 Å². The first kappa shape index (κ1) is 26.1. The largest absolute Gasteiger partial charge is 0.540 e. The second-order valence-electron chi connectivity index (χ2n) is 10.7. The first-order valence-corrected chi connectivity index (χ1v) is 14.9. The van der Waals surface area contributed by atoms with Crippen molar-refractivity contribution in [3.05, 3.63) is 23.3 Å². The van der Waals surface area contributed by atoms with E-state index >= 15 is 0 Å². The van der Waals surface area contributed by atoms with Crippen LogP contribution in [0.25, 0.3) is 0 Å². The summed E-state index contributed by atoms with van der Waals surface area (Å²) in [6, 6.07) is 6.81. The van der Waals surface area contributed by atoms with E-state index < -0.39 is 13.7 Å². The summed E-state index contributed by atoms with van der Waals surface area (Å²) < 4.78 is 24.3. The molecule has 1 heterocycles. The van der Waals surface area contributed by atoms with Gasteiger partial charge in [0.1, 0.15) is 5.75 Å². The first-order valence-electron chi connectivity index (χ1n) is 12.7. The molecule has 0 saturated carbocycles. The van der Waals surface area contributed by atoms with Gasteiger partial charge in [-0.25, -0.2) is 0 Å². The third kappa shape index (κ3) is 5.11. The fourth-order valence-corrected chi connectivity index (χ4v) is 11.3. The zero-order valence-corrected chi connectivity index (χ0v) is 22.7. The van der Waals surface area contributed by atoms with Gasteiger partial charge in [0.25, 0.3) is 8.32 Å². The van der Waals surface area contributed by atoms with Crippen LogP contribution in [0, 0.1) is 11.3 Å². The van der Waals surface area contributed by atoms with Crippen molar-refractivity contribution in [3.8, 4) is 17.6 Å². The van der Waals surface area contributed by atoms with Gasteiger partial charge in [0.15, 0.2) is 12.0 Å². The van der Waals surface area contributed by atoms with Crippen molar-refractivity contribution in [2.75, 3.05) is 20.3 Å². The molecule has 3 rings (SSSR count). The van der Waals surface area contributed by atoms with E-state index in [1.165, 1.54) is 12.0 Å². The fraction of sp³-hybridized carbons (Fsp3) is 0.741. The number of nitrogens with zero attached hydrogens (tertiary/aromatic N) is 1. The molecule has 0 N–H and O–H groups in total. The quantitative estimate of drug-likeness (QED) is 0.259. The van der Waals surface area contributed by atoms with E-state index in [9.17, 15) is 5.26 Å².